The third-order valence-electron chi connectivity index (χ3n) is 4.91. The summed E-state index contributed by atoms with van der Waals surface area (Å²) in [5.41, 5.74) is 1.15. The molecule has 1 atom stereocenters. The van der Waals surface area contributed by atoms with Crippen molar-refractivity contribution >= 4 is 5.96 Å². The Kier molecular flexibility index (Phi) is 8.34. The van der Waals surface area contributed by atoms with E-state index in [0.29, 0.717) is 25.7 Å². The molecule has 2 aromatic carbocycles. The Labute approximate surface area is 173 Å². The lowest BCUT2D eigenvalue weighted by Gasteiger charge is -2.22. The third kappa shape index (κ3) is 6.76. The van der Waals surface area contributed by atoms with Crippen LogP contribution in [0.15, 0.2) is 59.6 Å². The van der Waals surface area contributed by atoms with E-state index in [1.54, 1.807) is 7.11 Å². The van der Waals surface area contributed by atoms with E-state index in [1.807, 2.05) is 49.5 Å². The van der Waals surface area contributed by atoms with E-state index in [9.17, 15) is 0 Å². The largest absolute Gasteiger partial charge is 0.457 e. The number of guanidine groups is 1. The van der Waals surface area contributed by atoms with Crippen LogP contribution in [0.2, 0.25) is 0 Å². The topological polar surface area (TPSA) is 55.3 Å². The molecule has 0 saturated carbocycles. The van der Waals surface area contributed by atoms with Crippen LogP contribution in [0.1, 0.15) is 12.0 Å². The molecule has 1 unspecified atom stereocenters. The van der Waals surface area contributed by atoms with E-state index in [-0.39, 0.29) is 0 Å². The molecule has 2 aromatic rings. The minimum Gasteiger partial charge on any atom is -0.457 e. The highest BCUT2D eigenvalue weighted by molar-refractivity contribution is 5.80. The van der Waals surface area contributed by atoms with Crippen LogP contribution in [0.4, 0.5) is 0 Å². The van der Waals surface area contributed by atoms with Crippen LogP contribution in [-0.2, 0) is 16.0 Å². The number of methoxy groups -OCH3 is 1. The van der Waals surface area contributed by atoms with E-state index < -0.39 is 0 Å². The van der Waals surface area contributed by atoms with Gasteiger partial charge in [0, 0.05) is 39.7 Å². The van der Waals surface area contributed by atoms with Crippen molar-refractivity contribution in [3.63, 3.8) is 0 Å². The van der Waals surface area contributed by atoms with Gasteiger partial charge in [0.25, 0.3) is 0 Å². The van der Waals surface area contributed by atoms with Gasteiger partial charge in [0.1, 0.15) is 11.5 Å². The van der Waals surface area contributed by atoms with Crippen molar-refractivity contribution in [3.05, 3.63) is 60.2 Å². The number of rotatable bonds is 9. The minimum absolute atomic E-state index is 0.535. The zero-order valence-electron chi connectivity index (χ0n) is 17.3. The molecule has 1 aliphatic heterocycles. The fourth-order valence-corrected chi connectivity index (χ4v) is 3.41. The van der Waals surface area contributed by atoms with Gasteiger partial charge in [-0.05, 0) is 36.2 Å². The number of aliphatic imine (C=N–C) groups is 1. The first-order valence-electron chi connectivity index (χ1n) is 10.1. The summed E-state index contributed by atoms with van der Waals surface area (Å²) in [6.07, 6.45) is 1.12. The molecule has 0 aliphatic carbocycles. The molecule has 6 heteroatoms. The Hall–Kier alpha value is -2.57. The standard InChI is InChI=1S/C23H31N3O3/c1-24-23(26-12-11-20(17-26)18-28-14-13-27-2)25-16-19-7-6-10-22(15-19)29-21-8-4-3-5-9-21/h3-10,15,20H,11-14,16-18H2,1-2H3,(H,24,25). The summed E-state index contributed by atoms with van der Waals surface area (Å²) in [5, 5.41) is 3.48. The highest BCUT2D eigenvalue weighted by Crippen LogP contribution is 2.22. The maximum Gasteiger partial charge on any atom is 0.193 e. The number of hydrogen-bond donors (Lipinski definition) is 1. The first-order chi connectivity index (χ1) is 14.3. The Morgan fingerprint density at radius 3 is 2.72 bits per heavy atom. The normalized spacial score (nSPS) is 16.8. The zero-order chi connectivity index (χ0) is 20.3. The van der Waals surface area contributed by atoms with Crippen molar-refractivity contribution in [1.29, 1.82) is 0 Å². The van der Waals surface area contributed by atoms with Gasteiger partial charge in [0.2, 0.25) is 0 Å². The fourth-order valence-electron chi connectivity index (χ4n) is 3.41. The zero-order valence-corrected chi connectivity index (χ0v) is 17.3. The summed E-state index contributed by atoms with van der Waals surface area (Å²) in [6, 6.07) is 18.0. The van der Waals surface area contributed by atoms with Crippen LogP contribution in [0.5, 0.6) is 11.5 Å². The lowest BCUT2D eigenvalue weighted by atomic mass is 10.1. The molecule has 0 aromatic heterocycles. The third-order valence-corrected chi connectivity index (χ3v) is 4.91. The van der Waals surface area contributed by atoms with Crippen molar-refractivity contribution in [1.82, 2.24) is 10.2 Å². The van der Waals surface area contributed by atoms with Crippen LogP contribution >= 0.6 is 0 Å². The Morgan fingerprint density at radius 2 is 1.93 bits per heavy atom. The molecular formula is C23H31N3O3. The predicted octanol–water partition coefficient (Wildman–Crippen LogP) is 3.54. The molecule has 6 nitrogen and oxygen atoms in total. The van der Waals surface area contributed by atoms with E-state index in [0.717, 1.165) is 49.1 Å². The molecule has 0 bridgehead atoms. The SMILES string of the molecule is CN=C(NCc1cccc(Oc2ccccc2)c1)N1CCC(COCCOC)C1. The molecule has 1 aliphatic rings. The number of benzene rings is 2. The highest BCUT2D eigenvalue weighted by atomic mass is 16.5. The monoisotopic (exact) mass is 397 g/mol. The lowest BCUT2D eigenvalue weighted by molar-refractivity contribution is 0.0536. The highest BCUT2D eigenvalue weighted by Gasteiger charge is 2.24. The number of nitrogens with one attached hydrogen (secondary N) is 1. The number of para-hydroxylation sites is 1. The molecule has 0 radical (unpaired) electrons. The van der Waals surface area contributed by atoms with Crippen molar-refractivity contribution in [2.45, 2.75) is 13.0 Å². The second kappa shape index (κ2) is 11.4. The smallest absolute Gasteiger partial charge is 0.193 e. The summed E-state index contributed by atoms with van der Waals surface area (Å²) >= 11 is 0. The van der Waals surface area contributed by atoms with Gasteiger partial charge in [0.05, 0.1) is 19.8 Å². The Balaban J connectivity index is 1.48. The molecule has 1 heterocycles. The molecular weight excluding hydrogens is 366 g/mol. The van der Waals surface area contributed by atoms with Crippen molar-refractivity contribution in [2.75, 3.05) is 47.1 Å². The van der Waals surface area contributed by atoms with Gasteiger partial charge in [-0.3, -0.25) is 4.99 Å². The van der Waals surface area contributed by atoms with Crippen LogP contribution in [-0.4, -0.2) is 57.9 Å². The molecule has 1 N–H and O–H groups in total. The van der Waals surface area contributed by atoms with Crippen LogP contribution in [0.25, 0.3) is 0 Å². The van der Waals surface area contributed by atoms with Crippen molar-refractivity contribution in [3.8, 4) is 11.5 Å². The average molecular weight is 398 g/mol. The molecule has 156 valence electrons. The molecule has 1 saturated heterocycles. The maximum absolute atomic E-state index is 5.93. The van der Waals surface area contributed by atoms with E-state index in [4.69, 9.17) is 14.2 Å². The van der Waals surface area contributed by atoms with Gasteiger partial charge in [-0.2, -0.15) is 0 Å². The van der Waals surface area contributed by atoms with Crippen LogP contribution in [0.3, 0.4) is 0 Å². The minimum atomic E-state index is 0.535. The quantitative estimate of drug-likeness (QED) is 0.398. The van der Waals surface area contributed by atoms with E-state index in [1.165, 1.54) is 0 Å². The van der Waals surface area contributed by atoms with Crippen molar-refractivity contribution in [2.24, 2.45) is 10.9 Å². The van der Waals surface area contributed by atoms with E-state index in [2.05, 4.69) is 27.3 Å². The summed E-state index contributed by atoms with van der Waals surface area (Å²) in [4.78, 5) is 6.76. The predicted molar refractivity (Wildman–Crippen MR) is 116 cm³/mol. The average Bonchev–Trinajstić information content (AvgIpc) is 3.21. The van der Waals surface area contributed by atoms with Gasteiger partial charge in [0.15, 0.2) is 5.96 Å². The summed E-state index contributed by atoms with van der Waals surface area (Å²) in [5.74, 6) is 3.14. The molecule has 0 spiro atoms. The summed E-state index contributed by atoms with van der Waals surface area (Å²) in [6.45, 7) is 4.73. The van der Waals surface area contributed by atoms with Crippen molar-refractivity contribution < 1.29 is 14.2 Å². The molecule has 0 amide bonds. The Bertz CT molecular complexity index is 767. The molecule has 1 fully saturated rings. The number of likely N-dealkylation sites (tertiary alicyclic amines) is 1. The number of ether oxygens (including phenoxy) is 3. The fraction of sp³-hybridized carbons (Fsp3) is 0.435. The first-order valence-corrected chi connectivity index (χ1v) is 10.1. The van der Waals surface area contributed by atoms with Gasteiger partial charge < -0.3 is 24.4 Å². The van der Waals surface area contributed by atoms with E-state index >= 15 is 0 Å². The van der Waals surface area contributed by atoms with Crippen LogP contribution < -0.4 is 10.1 Å². The van der Waals surface area contributed by atoms with Gasteiger partial charge in [-0.25, -0.2) is 0 Å². The van der Waals surface area contributed by atoms with Gasteiger partial charge in [-0.15, -0.1) is 0 Å². The second-order valence-corrected chi connectivity index (χ2v) is 7.13. The summed E-state index contributed by atoms with van der Waals surface area (Å²) < 4.78 is 16.6. The van der Waals surface area contributed by atoms with Crippen LogP contribution in [0, 0.1) is 5.92 Å². The number of hydrogen-bond acceptors (Lipinski definition) is 4. The molecule has 3 rings (SSSR count). The van der Waals surface area contributed by atoms with Gasteiger partial charge in [-0.1, -0.05) is 30.3 Å². The Morgan fingerprint density at radius 1 is 1.10 bits per heavy atom. The first kappa shape index (κ1) is 21.1. The maximum atomic E-state index is 5.93. The van der Waals surface area contributed by atoms with Gasteiger partial charge >= 0.3 is 0 Å². The number of nitrogens with zero attached hydrogens (tertiary/aromatic N) is 2. The lowest BCUT2D eigenvalue weighted by Crippen LogP contribution is -2.39. The molecule has 29 heavy (non-hydrogen) atoms. The second-order valence-electron chi connectivity index (χ2n) is 7.13. The summed E-state index contributed by atoms with van der Waals surface area (Å²) in [7, 11) is 3.53.